The van der Waals surface area contributed by atoms with Gasteiger partial charge in [-0.15, -0.1) is 0 Å². The molecule has 1 aromatic heterocycles. The number of methoxy groups -OCH3 is 1. The van der Waals surface area contributed by atoms with Crippen LogP contribution in [0.1, 0.15) is 10.4 Å². The second-order valence-corrected chi connectivity index (χ2v) is 5.84. The molecule has 3 aromatic rings. The van der Waals surface area contributed by atoms with E-state index in [9.17, 15) is 19.1 Å². The van der Waals surface area contributed by atoms with Crippen molar-refractivity contribution in [3.05, 3.63) is 63.4 Å². The molecule has 0 spiro atoms. The molecule has 23 heavy (non-hydrogen) atoms. The predicted octanol–water partition coefficient (Wildman–Crippen LogP) is 3.56. The van der Waals surface area contributed by atoms with Gasteiger partial charge in [-0.05, 0) is 35.4 Å². The van der Waals surface area contributed by atoms with Crippen molar-refractivity contribution in [2.45, 2.75) is 0 Å². The summed E-state index contributed by atoms with van der Waals surface area (Å²) < 4.78 is 17.8. The molecule has 3 rings (SSSR count). The number of fused-ring (bicyclic) bond motifs is 1. The van der Waals surface area contributed by atoms with Gasteiger partial charge in [-0.3, -0.25) is 4.79 Å². The van der Waals surface area contributed by atoms with Crippen molar-refractivity contribution in [2.75, 3.05) is 7.11 Å². The molecule has 0 unspecified atom stereocenters. The van der Waals surface area contributed by atoms with Crippen LogP contribution in [-0.2, 0) is 4.74 Å². The van der Waals surface area contributed by atoms with E-state index in [-0.39, 0.29) is 11.4 Å². The van der Waals surface area contributed by atoms with Crippen molar-refractivity contribution in [3.8, 4) is 16.9 Å². The van der Waals surface area contributed by atoms with Gasteiger partial charge in [-0.25, -0.2) is 9.18 Å². The van der Waals surface area contributed by atoms with Crippen molar-refractivity contribution in [2.24, 2.45) is 0 Å². The van der Waals surface area contributed by atoms with E-state index in [1.807, 2.05) is 0 Å². The number of halogens is 1. The van der Waals surface area contributed by atoms with Gasteiger partial charge in [-0.2, -0.15) is 0 Å². The predicted molar refractivity (Wildman–Crippen MR) is 86.5 cm³/mol. The number of hydrogen-bond acceptors (Lipinski definition) is 5. The highest BCUT2D eigenvalue weighted by Gasteiger charge is 2.20. The molecular formula is C17H11FO4S. The van der Waals surface area contributed by atoms with E-state index in [0.29, 0.717) is 21.2 Å². The highest BCUT2D eigenvalue weighted by molar-refractivity contribution is 7.16. The van der Waals surface area contributed by atoms with E-state index in [1.54, 1.807) is 30.3 Å². The fourth-order valence-electron chi connectivity index (χ4n) is 2.31. The SMILES string of the molecule is COC(=O)c1c(O)c2ccc(-c3cccc(F)c3)cc2sc1=O. The molecule has 0 radical (unpaired) electrons. The third kappa shape index (κ3) is 2.68. The summed E-state index contributed by atoms with van der Waals surface area (Å²) >= 11 is 0.829. The van der Waals surface area contributed by atoms with Crippen LogP contribution >= 0.6 is 11.3 Å². The van der Waals surface area contributed by atoms with Crippen LogP contribution in [0.3, 0.4) is 0 Å². The summed E-state index contributed by atoms with van der Waals surface area (Å²) in [6.07, 6.45) is 0. The van der Waals surface area contributed by atoms with Crippen LogP contribution < -0.4 is 4.74 Å². The lowest BCUT2D eigenvalue weighted by Gasteiger charge is -2.07. The lowest BCUT2D eigenvalue weighted by Crippen LogP contribution is -2.13. The summed E-state index contributed by atoms with van der Waals surface area (Å²) in [5.74, 6) is -1.64. The highest BCUT2D eigenvalue weighted by atomic mass is 32.1. The van der Waals surface area contributed by atoms with E-state index in [4.69, 9.17) is 0 Å². The van der Waals surface area contributed by atoms with Crippen LogP contribution in [0.25, 0.3) is 21.2 Å². The first-order valence-electron chi connectivity index (χ1n) is 6.65. The zero-order valence-corrected chi connectivity index (χ0v) is 12.8. The Bertz CT molecular complexity index is 978. The maximum absolute atomic E-state index is 13.3. The summed E-state index contributed by atoms with van der Waals surface area (Å²) in [5.41, 5.74) is 0.990. The molecule has 1 N–H and O–H groups in total. The average Bonchev–Trinajstić information content (AvgIpc) is 2.54. The Hall–Kier alpha value is -2.73. The molecule has 2 aromatic carbocycles. The van der Waals surface area contributed by atoms with Gasteiger partial charge >= 0.3 is 5.97 Å². The Morgan fingerprint density at radius 1 is 1.17 bits per heavy atom. The summed E-state index contributed by atoms with van der Waals surface area (Å²) in [6.45, 7) is 0. The number of aromatic hydroxyl groups is 1. The summed E-state index contributed by atoms with van der Waals surface area (Å²) in [7, 11) is 1.14. The van der Waals surface area contributed by atoms with Gasteiger partial charge in [-0.1, -0.05) is 29.5 Å². The Morgan fingerprint density at radius 2 is 1.91 bits per heavy atom. The Kier molecular flexibility index (Phi) is 3.83. The third-order valence-electron chi connectivity index (χ3n) is 3.43. The first kappa shape index (κ1) is 15.2. The van der Waals surface area contributed by atoms with Gasteiger partial charge in [0, 0.05) is 10.1 Å². The van der Waals surface area contributed by atoms with Crippen LogP contribution in [0.5, 0.6) is 5.75 Å². The molecule has 116 valence electrons. The molecule has 0 aliphatic heterocycles. The Balaban J connectivity index is 2.23. The molecule has 0 saturated heterocycles. The van der Waals surface area contributed by atoms with Crippen molar-refractivity contribution in [3.63, 3.8) is 0 Å². The quantitative estimate of drug-likeness (QED) is 0.730. The molecule has 0 fully saturated rings. The second kappa shape index (κ2) is 5.81. The highest BCUT2D eigenvalue weighted by Crippen LogP contribution is 2.32. The minimum absolute atomic E-state index is 0.361. The topological polar surface area (TPSA) is 63.6 Å². The van der Waals surface area contributed by atoms with Crippen molar-refractivity contribution >= 4 is 27.4 Å². The van der Waals surface area contributed by atoms with E-state index < -0.39 is 16.5 Å². The molecule has 0 bridgehead atoms. The zero-order chi connectivity index (χ0) is 16.6. The molecule has 0 saturated carbocycles. The standard InChI is InChI=1S/C17H11FO4S/c1-22-16(20)14-15(19)12-6-5-10(8-13(12)23-17(14)21)9-3-2-4-11(18)7-9/h2-8,19H,1H3. The molecule has 6 heteroatoms. The number of rotatable bonds is 2. The lowest BCUT2D eigenvalue weighted by molar-refractivity contribution is 0.0597. The molecule has 1 heterocycles. The van der Waals surface area contributed by atoms with Crippen molar-refractivity contribution < 1.29 is 19.0 Å². The Labute approximate surface area is 134 Å². The number of hydrogen-bond donors (Lipinski definition) is 1. The first-order chi connectivity index (χ1) is 11.0. The smallest absolute Gasteiger partial charge is 0.346 e. The normalized spacial score (nSPS) is 10.7. The fraction of sp³-hybridized carbons (Fsp3) is 0.0588. The molecular weight excluding hydrogens is 319 g/mol. The van der Waals surface area contributed by atoms with Crippen LogP contribution in [0, 0.1) is 5.82 Å². The largest absolute Gasteiger partial charge is 0.506 e. The van der Waals surface area contributed by atoms with E-state index in [2.05, 4.69) is 4.74 Å². The van der Waals surface area contributed by atoms with Gasteiger partial charge in [0.05, 0.1) is 7.11 Å². The van der Waals surface area contributed by atoms with Crippen molar-refractivity contribution in [1.82, 2.24) is 0 Å². The third-order valence-corrected chi connectivity index (χ3v) is 4.37. The van der Waals surface area contributed by atoms with Gasteiger partial charge < -0.3 is 9.84 Å². The number of esters is 1. The van der Waals surface area contributed by atoms with E-state index in [1.165, 1.54) is 12.1 Å². The number of carbonyl (C=O) groups excluding carboxylic acids is 1. The van der Waals surface area contributed by atoms with Gasteiger partial charge in [0.2, 0.25) is 0 Å². The minimum Gasteiger partial charge on any atom is -0.506 e. The number of ether oxygens (including phenoxy) is 1. The maximum Gasteiger partial charge on any atom is 0.346 e. The molecule has 4 nitrogen and oxygen atoms in total. The molecule has 0 aliphatic rings. The fourth-order valence-corrected chi connectivity index (χ4v) is 3.26. The van der Waals surface area contributed by atoms with Crippen LogP contribution in [0.2, 0.25) is 0 Å². The Morgan fingerprint density at radius 3 is 2.61 bits per heavy atom. The zero-order valence-electron chi connectivity index (χ0n) is 12.0. The molecule has 0 aliphatic carbocycles. The lowest BCUT2D eigenvalue weighted by atomic mass is 10.0. The van der Waals surface area contributed by atoms with E-state index >= 15 is 0 Å². The van der Waals surface area contributed by atoms with E-state index in [0.717, 1.165) is 18.4 Å². The monoisotopic (exact) mass is 330 g/mol. The van der Waals surface area contributed by atoms with Crippen LogP contribution in [0.4, 0.5) is 4.39 Å². The molecule has 0 atom stereocenters. The van der Waals surface area contributed by atoms with Crippen LogP contribution in [-0.4, -0.2) is 18.2 Å². The minimum atomic E-state index is -0.875. The first-order valence-corrected chi connectivity index (χ1v) is 7.47. The van der Waals surface area contributed by atoms with Gasteiger partial charge in [0.1, 0.15) is 11.6 Å². The summed E-state index contributed by atoms with van der Waals surface area (Å²) in [5, 5.41) is 10.6. The van der Waals surface area contributed by atoms with Gasteiger partial charge in [0.15, 0.2) is 5.56 Å². The average molecular weight is 330 g/mol. The summed E-state index contributed by atoms with van der Waals surface area (Å²) in [4.78, 5) is 23.7. The summed E-state index contributed by atoms with van der Waals surface area (Å²) in [6, 6.07) is 11.0. The number of benzene rings is 2. The maximum atomic E-state index is 13.3. The van der Waals surface area contributed by atoms with Crippen LogP contribution in [0.15, 0.2) is 47.3 Å². The van der Waals surface area contributed by atoms with Crippen molar-refractivity contribution in [1.29, 1.82) is 0 Å². The molecule has 0 amide bonds. The van der Waals surface area contributed by atoms with Gasteiger partial charge in [0.25, 0.3) is 4.74 Å². The number of carbonyl (C=O) groups is 1. The second-order valence-electron chi connectivity index (χ2n) is 4.83.